The number of halogens is 1. The highest BCUT2D eigenvalue weighted by Gasteiger charge is 2.07. The Balaban J connectivity index is 1.86. The second-order valence-corrected chi connectivity index (χ2v) is 5.37. The molecule has 0 spiro atoms. The molecule has 1 heterocycles. The molecule has 0 saturated carbocycles. The van der Waals surface area contributed by atoms with Gasteiger partial charge in [-0.1, -0.05) is 18.2 Å². The Morgan fingerprint density at radius 1 is 1.16 bits per heavy atom. The van der Waals surface area contributed by atoms with E-state index in [9.17, 15) is 4.39 Å². The first kappa shape index (κ1) is 12.2. The summed E-state index contributed by atoms with van der Waals surface area (Å²) < 4.78 is 20.0. The third-order valence-corrected chi connectivity index (χ3v) is 4.07. The molecule has 0 fully saturated rings. The summed E-state index contributed by atoms with van der Waals surface area (Å²) in [6, 6.07) is 12.5. The van der Waals surface area contributed by atoms with Gasteiger partial charge in [-0.3, -0.25) is 0 Å². The lowest BCUT2D eigenvalue weighted by molar-refractivity contribution is 0.306. The van der Waals surface area contributed by atoms with Gasteiger partial charge in [0.2, 0.25) is 0 Å². The van der Waals surface area contributed by atoms with E-state index in [4.69, 9.17) is 4.74 Å². The van der Waals surface area contributed by atoms with Crippen molar-refractivity contribution >= 4 is 21.4 Å². The zero-order valence-electron chi connectivity index (χ0n) is 10.5. The maximum absolute atomic E-state index is 13.1. The number of fused-ring (bicyclic) bond motifs is 1. The van der Waals surface area contributed by atoms with Crippen LogP contribution >= 0.6 is 11.3 Å². The van der Waals surface area contributed by atoms with Crippen LogP contribution in [0.15, 0.2) is 47.8 Å². The van der Waals surface area contributed by atoms with Gasteiger partial charge in [0, 0.05) is 21.7 Å². The van der Waals surface area contributed by atoms with Gasteiger partial charge in [0.15, 0.2) is 0 Å². The summed E-state index contributed by atoms with van der Waals surface area (Å²) >= 11 is 1.71. The summed E-state index contributed by atoms with van der Waals surface area (Å²) in [6.07, 6.45) is 0. The average molecular weight is 272 g/mol. The monoisotopic (exact) mass is 272 g/mol. The molecule has 0 saturated heterocycles. The smallest absolute Gasteiger partial charge is 0.126 e. The Labute approximate surface area is 115 Å². The number of thiophene rings is 1. The lowest BCUT2D eigenvalue weighted by Crippen LogP contribution is -1.95. The van der Waals surface area contributed by atoms with Crippen LogP contribution in [0.2, 0.25) is 0 Å². The van der Waals surface area contributed by atoms with Crippen molar-refractivity contribution in [3.05, 3.63) is 64.8 Å². The van der Waals surface area contributed by atoms with E-state index >= 15 is 0 Å². The van der Waals surface area contributed by atoms with Crippen molar-refractivity contribution in [3.8, 4) is 5.75 Å². The molecule has 3 heteroatoms. The Bertz CT molecular complexity index is 718. The molecule has 1 nitrogen and oxygen atoms in total. The number of aryl methyl sites for hydroxylation is 1. The van der Waals surface area contributed by atoms with Gasteiger partial charge >= 0.3 is 0 Å². The first-order valence-electron chi connectivity index (χ1n) is 6.08. The van der Waals surface area contributed by atoms with Crippen LogP contribution in [0.3, 0.4) is 0 Å². The van der Waals surface area contributed by atoms with Gasteiger partial charge in [0.1, 0.15) is 18.2 Å². The molecule has 0 aliphatic carbocycles. The molecule has 0 unspecified atom stereocenters. The van der Waals surface area contributed by atoms with Gasteiger partial charge in [-0.15, -0.1) is 11.3 Å². The number of hydrogen-bond acceptors (Lipinski definition) is 2. The molecule has 0 aliphatic heterocycles. The highest BCUT2D eigenvalue weighted by atomic mass is 32.1. The van der Waals surface area contributed by atoms with Crippen LogP contribution < -0.4 is 4.74 Å². The van der Waals surface area contributed by atoms with E-state index in [0.29, 0.717) is 12.4 Å². The van der Waals surface area contributed by atoms with E-state index in [-0.39, 0.29) is 5.82 Å². The van der Waals surface area contributed by atoms with Gasteiger partial charge in [0.05, 0.1) is 0 Å². The number of rotatable bonds is 3. The van der Waals surface area contributed by atoms with Crippen LogP contribution in [0.1, 0.15) is 11.1 Å². The standard InChI is InChI=1S/C16H13FOS/c1-11-4-2-7-15-16(11)12(10-19-15)9-18-14-6-3-5-13(17)8-14/h2-8,10H,9H2,1H3. The zero-order chi connectivity index (χ0) is 13.2. The SMILES string of the molecule is Cc1cccc2scc(COc3cccc(F)c3)c12. The van der Waals surface area contributed by atoms with Crippen LogP contribution in [0.4, 0.5) is 4.39 Å². The second-order valence-electron chi connectivity index (χ2n) is 4.46. The Morgan fingerprint density at radius 2 is 2.00 bits per heavy atom. The molecule has 96 valence electrons. The average Bonchev–Trinajstić information content (AvgIpc) is 2.81. The second kappa shape index (κ2) is 5.02. The van der Waals surface area contributed by atoms with Crippen LogP contribution in [-0.2, 0) is 6.61 Å². The molecular weight excluding hydrogens is 259 g/mol. The first-order valence-corrected chi connectivity index (χ1v) is 6.96. The van der Waals surface area contributed by atoms with Crippen molar-refractivity contribution in [1.82, 2.24) is 0 Å². The minimum absolute atomic E-state index is 0.274. The van der Waals surface area contributed by atoms with Crippen molar-refractivity contribution in [1.29, 1.82) is 0 Å². The van der Waals surface area contributed by atoms with Gasteiger partial charge in [-0.25, -0.2) is 4.39 Å². The fraction of sp³-hybridized carbons (Fsp3) is 0.125. The quantitative estimate of drug-likeness (QED) is 0.657. The van der Waals surface area contributed by atoms with Crippen molar-refractivity contribution in [2.45, 2.75) is 13.5 Å². The molecule has 1 aromatic heterocycles. The summed E-state index contributed by atoms with van der Waals surface area (Å²) in [5.41, 5.74) is 2.40. The molecule has 19 heavy (non-hydrogen) atoms. The van der Waals surface area contributed by atoms with Crippen LogP contribution in [0, 0.1) is 12.7 Å². The van der Waals surface area contributed by atoms with Crippen LogP contribution in [0.5, 0.6) is 5.75 Å². The van der Waals surface area contributed by atoms with Gasteiger partial charge in [-0.2, -0.15) is 0 Å². The maximum Gasteiger partial charge on any atom is 0.126 e. The van der Waals surface area contributed by atoms with Crippen LogP contribution in [0.25, 0.3) is 10.1 Å². The van der Waals surface area contributed by atoms with Gasteiger partial charge in [0.25, 0.3) is 0 Å². The molecule has 0 radical (unpaired) electrons. The largest absolute Gasteiger partial charge is 0.489 e. The molecule has 0 atom stereocenters. The fourth-order valence-corrected chi connectivity index (χ4v) is 3.19. The normalized spacial score (nSPS) is 10.8. The summed E-state index contributed by atoms with van der Waals surface area (Å²) in [6.45, 7) is 2.56. The van der Waals surface area contributed by atoms with E-state index in [1.807, 2.05) is 0 Å². The van der Waals surface area contributed by atoms with E-state index in [1.54, 1.807) is 23.5 Å². The lowest BCUT2D eigenvalue weighted by atomic mass is 10.1. The third kappa shape index (κ3) is 2.47. The van der Waals surface area contributed by atoms with Gasteiger partial charge in [-0.05, 0) is 36.1 Å². The van der Waals surface area contributed by atoms with Crippen molar-refractivity contribution < 1.29 is 9.13 Å². The van der Waals surface area contributed by atoms with E-state index in [0.717, 1.165) is 5.56 Å². The molecule has 0 bridgehead atoms. The number of hydrogen-bond donors (Lipinski definition) is 0. The Kier molecular flexibility index (Phi) is 3.22. The first-order chi connectivity index (χ1) is 9.24. The van der Waals surface area contributed by atoms with Crippen molar-refractivity contribution in [2.75, 3.05) is 0 Å². The summed E-state index contributed by atoms with van der Waals surface area (Å²) in [5.74, 6) is 0.289. The molecule has 0 amide bonds. The van der Waals surface area contributed by atoms with E-state index in [1.165, 1.54) is 27.8 Å². The van der Waals surface area contributed by atoms with Crippen LogP contribution in [-0.4, -0.2) is 0 Å². The fourth-order valence-electron chi connectivity index (χ4n) is 2.17. The highest BCUT2D eigenvalue weighted by Crippen LogP contribution is 2.29. The predicted octanol–water partition coefficient (Wildman–Crippen LogP) is 4.93. The van der Waals surface area contributed by atoms with E-state index in [2.05, 4.69) is 30.5 Å². The number of benzene rings is 2. The van der Waals surface area contributed by atoms with Crippen molar-refractivity contribution in [3.63, 3.8) is 0 Å². The zero-order valence-corrected chi connectivity index (χ0v) is 11.3. The summed E-state index contributed by atoms with van der Waals surface area (Å²) in [7, 11) is 0. The Morgan fingerprint density at radius 3 is 2.84 bits per heavy atom. The van der Waals surface area contributed by atoms with E-state index < -0.39 is 0 Å². The molecule has 2 aromatic carbocycles. The Hall–Kier alpha value is -1.87. The summed E-state index contributed by atoms with van der Waals surface area (Å²) in [5, 5.41) is 3.36. The molecule has 0 N–H and O–H groups in total. The number of ether oxygens (including phenoxy) is 1. The predicted molar refractivity (Wildman–Crippen MR) is 77.3 cm³/mol. The van der Waals surface area contributed by atoms with Crippen molar-refractivity contribution in [2.24, 2.45) is 0 Å². The minimum Gasteiger partial charge on any atom is -0.489 e. The third-order valence-electron chi connectivity index (χ3n) is 3.07. The summed E-state index contributed by atoms with van der Waals surface area (Å²) in [4.78, 5) is 0. The molecule has 3 rings (SSSR count). The molecule has 3 aromatic rings. The minimum atomic E-state index is -0.274. The molecular formula is C16H13FOS. The highest BCUT2D eigenvalue weighted by molar-refractivity contribution is 7.17. The topological polar surface area (TPSA) is 9.23 Å². The van der Waals surface area contributed by atoms with Gasteiger partial charge < -0.3 is 4.74 Å². The lowest BCUT2D eigenvalue weighted by Gasteiger charge is -2.06. The molecule has 0 aliphatic rings. The maximum atomic E-state index is 13.1.